The molecule has 3 aromatic heterocycles. The Bertz CT molecular complexity index is 3480. The monoisotopic (exact) mass is 1070 g/mol. The number of para-hydroxylation sites is 6. The first-order valence-electron chi connectivity index (χ1n) is 23.7. The molecule has 0 bridgehead atoms. The van der Waals surface area contributed by atoms with Crippen LogP contribution in [0, 0.1) is 12.1 Å². The summed E-state index contributed by atoms with van der Waals surface area (Å²) in [6.45, 7) is 18.2. The second kappa shape index (κ2) is 19.4. The van der Waals surface area contributed by atoms with Crippen molar-refractivity contribution in [3.05, 3.63) is 204 Å². The Morgan fingerprint density at radius 2 is 0.971 bits per heavy atom. The third kappa shape index (κ3) is 8.42. The van der Waals surface area contributed by atoms with Gasteiger partial charge in [0.2, 0.25) is 0 Å². The third-order valence-electron chi connectivity index (χ3n) is 12.9. The first kappa shape index (κ1) is 46.3. The van der Waals surface area contributed by atoms with E-state index in [2.05, 4.69) is 210 Å². The molecule has 0 N–H and O–H groups in total. The van der Waals surface area contributed by atoms with E-state index in [1.54, 1.807) is 0 Å². The SMILES string of the molecule is CC(C)c1cc(-c2ccccc2)cc(C(C)C)c1-n1c(-c2[c-]cccc2)nc2ccccc21.CC(C)c1cccc(C(C)C)c1-n1c(-c2[c-]ccc3c2oc2ccccc23)nc2ccccc21.[Ir]. The maximum Gasteiger partial charge on any atom is 0.120 e. The second-order valence-electron chi connectivity index (χ2n) is 18.8. The first-order chi connectivity index (χ1) is 32.6. The Kier molecular flexibility index (Phi) is 13.2. The third-order valence-corrected chi connectivity index (χ3v) is 12.9. The number of benzene rings is 8. The van der Waals surface area contributed by atoms with Crippen molar-refractivity contribution in [1.29, 1.82) is 0 Å². The summed E-state index contributed by atoms with van der Waals surface area (Å²) >= 11 is 0. The molecule has 8 aromatic carbocycles. The Hall–Kier alpha value is -6.85. The first-order valence-corrected chi connectivity index (χ1v) is 23.7. The number of rotatable bonds is 9. The molecule has 341 valence electrons. The second-order valence-corrected chi connectivity index (χ2v) is 18.8. The van der Waals surface area contributed by atoms with E-state index >= 15 is 0 Å². The van der Waals surface area contributed by atoms with Crippen LogP contribution >= 0.6 is 0 Å². The van der Waals surface area contributed by atoms with Crippen LogP contribution in [0.4, 0.5) is 0 Å². The summed E-state index contributed by atoms with van der Waals surface area (Å²) in [6, 6.07) is 66.2. The minimum Gasteiger partial charge on any atom is -0.501 e. The van der Waals surface area contributed by atoms with Crippen LogP contribution in [0.3, 0.4) is 0 Å². The van der Waals surface area contributed by atoms with Crippen LogP contribution in [0.5, 0.6) is 0 Å². The summed E-state index contributed by atoms with van der Waals surface area (Å²) in [5, 5.41) is 2.20. The fourth-order valence-corrected chi connectivity index (χ4v) is 9.63. The summed E-state index contributed by atoms with van der Waals surface area (Å²) < 4.78 is 11.1. The number of hydrogen-bond acceptors (Lipinski definition) is 3. The fourth-order valence-electron chi connectivity index (χ4n) is 9.63. The fraction of sp³-hybridized carbons (Fsp3) is 0.194. The van der Waals surface area contributed by atoms with Crippen LogP contribution in [-0.4, -0.2) is 19.1 Å². The van der Waals surface area contributed by atoms with E-state index in [4.69, 9.17) is 14.4 Å². The van der Waals surface area contributed by atoms with E-state index in [1.165, 1.54) is 44.8 Å². The molecule has 6 heteroatoms. The zero-order valence-electron chi connectivity index (χ0n) is 40.0. The van der Waals surface area contributed by atoms with Crippen LogP contribution in [0.15, 0.2) is 174 Å². The molecule has 1 radical (unpaired) electrons. The average molecular weight is 1070 g/mol. The van der Waals surface area contributed by atoms with Gasteiger partial charge in [0.1, 0.15) is 5.58 Å². The van der Waals surface area contributed by atoms with Gasteiger partial charge in [-0.25, -0.2) is 0 Å². The number of hydrogen-bond donors (Lipinski definition) is 0. The normalized spacial score (nSPS) is 11.6. The van der Waals surface area contributed by atoms with Crippen molar-refractivity contribution in [2.45, 2.75) is 79.1 Å². The van der Waals surface area contributed by atoms with Crippen molar-refractivity contribution >= 4 is 44.0 Å². The van der Waals surface area contributed by atoms with Crippen LogP contribution in [-0.2, 0) is 20.1 Å². The van der Waals surface area contributed by atoms with Gasteiger partial charge < -0.3 is 13.6 Å². The Labute approximate surface area is 413 Å². The molecule has 0 fully saturated rings. The minimum absolute atomic E-state index is 0. The predicted octanol–water partition coefficient (Wildman–Crippen LogP) is 17.0. The van der Waals surface area contributed by atoms with Gasteiger partial charge in [0.15, 0.2) is 0 Å². The minimum atomic E-state index is 0. The van der Waals surface area contributed by atoms with Gasteiger partial charge in [0, 0.05) is 36.9 Å². The summed E-state index contributed by atoms with van der Waals surface area (Å²) in [4.78, 5) is 10.2. The molecule has 0 spiro atoms. The van der Waals surface area contributed by atoms with E-state index in [9.17, 15) is 0 Å². The average Bonchev–Trinajstić information content (AvgIpc) is 4.06. The number of nitrogens with zero attached hydrogens (tertiary/aromatic N) is 4. The zero-order valence-corrected chi connectivity index (χ0v) is 42.4. The zero-order chi connectivity index (χ0) is 46.3. The van der Waals surface area contributed by atoms with Crippen LogP contribution in [0.1, 0.15) is 101 Å². The predicted molar refractivity (Wildman–Crippen MR) is 280 cm³/mol. The molecule has 0 amide bonds. The van der Waals surface area contributed by atoms with Crippen molar-refractivity contribution in [3.63, 3.8) is 0 Å². The van der Waals surface area contributed by atoms with Crippen molar-refractivity contribution in [1.82, 2.24) is 19.1 Å². The quantitative estimate of drug-likeness (QED) is 0.135. The molecule has 0 atom stereocenters. The molecule has 0 unspecified atom stereocenters. The Morgan fingerprint density at radius 3 is 1.57 bits per heavy atom. The molecule has 68 heavy (non-hydrogen) atoms. The topological polar surface area (TPSA) is 48.8 Å². The van der Waals surface area contributed by atoms with Crippen LogP contribution < -0.4 is 0 Å². The van der Waals surface area contributed by atoms with Crippen molar-refractivity contribution in [2.75, 3.05) is 0 Å². The van der Waals surface area contributed by atoms with Gasteiger partial charge in [-0.3, -0.25) is 9.97 Å². The smallest absolute Gasteiger partial charge is 0.120 e. The standard InChI is InChI=1S/C31H27N2O.C31H29N2.Ir/c1-19(2)21-12-9-13-22(20(3)4)29(21)33-27-17-7-6-16-26(27)32-31(33)25-15-10-14-24-23-11-5-8-18-28(23)34-30(24)25;1-21(2)26-19-25(23-13-7-5-8-14-23)20-27(22(3)4)30(26)33-29-18-12-11-17-28(29)32-31(33)24-15-9-6-10-16-24;/h5-14,16-20H,1-4H3;5-15,17-22H,1-4H3;/q2*-1;. The van der Waals surface area contributed by atoms with Gasteiger partial charge in [0.05, 0.1) is 39.3 Å². The van der Waals surface area contributed by atoms with Crippen LogP contribution in [0.25, 0.3) is 89.3 Å². The number of aromatic nitrogens is 4. The molecule has 11 rings (SSSR count). The van der Waals surface area contributed by atoms with Gasteiger partial charge in [-0.1, -0.05) is 157 Å². The number of fused-ring (bicyclic) bond motifs is 5. The van der Waals surface area contributed by atoms with Gasteiger partial charge in [-0.15, -0.1) is 54.1 Å². The summed E-state index contributed by atoms with van der Waals surface area (Å²) in [7, 11) is 0. The molecule has 0 saturated heterocycles. The number of furan rings is 1. The molecule has 0 aliphatic heterocycles. The van der Waals surface area contributed by atoms with E-state index < -0.39 is 0 Å². The summed E-state index contributed by atoms with van der Waals surface area (Å²) in [5.41, 5.74) is 18.1. The van der Waals surface area contributed by atoms with Crippen molar-refractivity contribution in [3.8, 4) is 45.3 Å². The molecule has 11 aromatic rings. The maximum atomic E-state index is 6.40. The van der Waals surface area contributed by atoms with Gasteiger partial charge >= 0.3 is 0 Å². The molecule has 0 aliphatic carbocycles. The molecular formula is C62H56IrN4O-2. The summed E-state index contributed by atoms with van der Waals surface area (Å²) in [5.74, 6) is 3.25. The van der Waals surface area contributed by atoms with E-state index in [1.807, 2.05) is 36.4 Å². The molecular weight excluding hydrogens is 1010 g/mol. The van der Waals surface area contributed by atoms with Crippen molar-refractivity contribution < 1.29 is 24.5 Å². The number of imidazole rings is 2. The Morgan fingerprint density at radius 1 is 0.441 bits per heavy atom. The van der Waals surface area contributed by atoms with Crippen LogP contribution in [0.2, 0.25) is 0 Å². The largest absolute Gasteiger partial charge is 0.501 e. The van der Waals surface area contributed by atoms with E-state index in [0.29, 0.717) is 23.7 Å². The van der Waals surface area contributed by atoms with Gasteiger partial charge in [-0.2, -0.15) is 0 Å². The van der Waals surface area contributed by atoms with E-state index in [-0.39, 0.29) is 20.1 Å². The molecule has 5 nitrogen and oxygen atoms in total. The van der Waals surface area contributed by atoms with Gasteiger partial charge in [0.25, 0.3) is 0 Å². The molecule has 3 heterocycles. The Balaban J connectivity index is 0.000000168. The summed E-state index contributed by atoms with van der Waals surface area (Å²) in [6.07, 6.45) is 0. The molecule has 0 saturated carbocycles. The molecule has 0 aliphatic rings. The maximum absolute atomic E-state index is 6.40. The van der Waals surface area contributed by atoms with Crippen molar-refractivity contribution in [2.24, 2.45) is 0 Å². The van der Waals surface area contributed by atoms with E-state index in [0.717, 1.165) is 66.8 Å². The van der Waals surface area contributed by atoms with Gasteiger partial charge in [-0.05, 0) is 99.5 Å².